The van der Waals surface area contributed by atoms with Gasteiger partial charge >= 0.3 is 0 Å². The fraction of sp³-hybridized carbons (Fsp3) is 0.500. The number of carbonyl (C=O) groups excluding carboxylic acids is 1. The molecule has 3 nitrogen and oxygen atoms in total. The molecule has 21 heavy (non-hydrogen) atoms. The molecule has 3 N–H and O–H groups in total. The van der Waals surface area contributed by atoms with E-state index in [1.165, 1.54) is 25.7 Å². The smallest absolute Gasteiger partial charge is 0.252 e. The normalized spacial score (nSPS) is 17.3. The lowest BCUT2D eigenvalue weighted by atomic mass is 10.0. The average Bonchev–Trinajstić information content (AvgIpc) is 3.35. The molecule has 2 aliphatic carbocycles. The maximum atomic E-state index is 12.6. The summed E-state index contributed by atoms with van der Waals surface area (Å²) >= 11 is 0. The Morgan fingerprint density at radius 1 is 1.33 bits per heavy atom. The maximum Gasteiger partial charge on any atom is 0.252 e. The van der Waals surface area contributed by atoms with E-state index < -0.39 is 0 Å². The zero-order valence-corrected chi connectivity index (χ0v) is 12.5. The predicted molar refractivity (Wildman–Crippen MR) is 83.8 cm³/mol. The van der Waals surface area contributed by atoms with E-state index in [0.29, 0.717) is 30.0 Å². The summed E-state index contributed by atoms with van der Waals surface area (Å²) in [5.41, 5.74) is 8.00. The molecule has 0 saturated heterocycles. The Morgan fingerprint density at radius 3 is 2.57 bits per heavy atom. The van der Waals surface area contributed by atoms with E-state index in [-0.39, 0.29) is 5.91 Å². The Morgan fingerprint density at radius 2 is 2.00 bits per heavy atom. The molecule has 2 saturated carbocycles. The second-order valence-corrected chi connectivity index (χ2v) is 6.23. The summed E-state index contributed by atoms with van der Waals surface area (Å²) in [7, 11) is 0. The van der Waals surface area contributed by atoms with Crippen LogP contribution in [0.5, 0.6) is 0 Å². The number of hydrogen-bond acceptors (Lipinski definition) is 2. The molecule has 1 aromatic carbocycles. The van der Waals surface area contributed by atoms with E-state index in [1.54, 1.807) is 0 Å². The van der Waals surface area contributed by atoms with Crippen molar-refractivity contribution in [2.24, 2.45) is 17.6 Å². The minimum atomic E-state index is 0.0140. The van der Waals surface area contributed by atoms with Gasteiger partial charge in [-0.15, -0.1) is 0 Å². The van der Waals surface area contributed by atoms with E-state index >= 15 is 0 Å². The summed E-state index contributed by atoms with van der Waals surface area (Å²) in [6.07, 6.45) is 5.04. The van der Waals surface area contributed by atoms with Gasteiger partial charge in [0.15, 0.2) is 0 Å². The molecule has 0 unspecified atom stereocenters. The van der Waals surface area contributed by atoms with Crippen LogP contribution in [0.4, 0.5) is 0 Å². The van der Waals surface area contributed by atoms with Crippen molar-refractivity contribution >= 4 is 5.91 Å². The lowest BCUT2D eigenvalue weighted by Gasteiger charge is -2.18. The first kappa shape index (κ1) is 14.2. The quantitative estimate of drug-likeness (QED) is 0.832. The fourth-order valence-corrected chi connectivity index (χ4v) is 2.87. The first-order chi connectivity index (χ1) is 10.2. The zero-order chi connectivity index (χ0) is 14.8. The molecule has 0 aromatic heterocycles. The van der Waals surface area contributed by atoms with Gasteiger partial charge in [-0.1, -0.05) is 17.9 Å². The van der Waals surface area contributed by atoms with Gasteiger partial charge in [0.1, 0.15) is 0 Å². The topological polar surface area (TPSA) is 55.1 Å². The molecule has 2 aliphatic rings. The zero-order valence-electron chi connectivity index (χ0n) is 12.5. The van der Waals surface area contributed by atoms with Crippen LogP contribution in [0.15, 0.2) is 18.2 Å². The number of nitrogens with two attached hydrogens (primary N) is 1. The van der Waals surface area contributed by atoms with Crippen LogP contribution in [0.1, 0.15) is 47.2 Å². The van der Waals surface area contributed by atoms with E-state index in [4.69, 9.17) is 5.73 Å². The third-order valence-electron chi connectivity index (χ3n) is 4.30. The van der Waals surface area contributed by atoms with E-state index in [9.17, 15) is 4.79 Å². The third kappa shape index (κ3) is 3.46. The SMILES string of the molecule is Cc1ccc(C(=O)NC(C2CC2)C2CC2)c(C#CCN)c1. The van der Waals surface area contributed by atoms with Crippen molar-refractivity contribution in [2.45, 2.75) is 38.6 Å². The van der Waals surface area contributed by atoms with Crippen molar-refractivity contribution in [3.8, 4) is 11.8 Å². The summed E-state index contributed by atoms with van der Waals surface area (Å²) in [6.45, 7) is 2.31. The average molecular weight is 282 g/mol. The van der Waals surface area contributed by atoms with Crippen molar-refractivity contribution in [3.05, 3.63) is 34.9 Å². The maximum absolute atomic E-state index is 12.6. The van der Waals surface area contributed by atoms with Crippen LogP contribution in [-0.2, 0) is 0 Å². The number of benzene rings is 1. The van der Waals surface area contributed by atoms with Crippen LogP contribution in [0.2, 0.25) is 0 Å². The number of aryl methyl sites for hydroxylation is 1. The van der Waals surface area contributed by atoms with Crippen molar-refractivity contribution in [1.82, 2.24) is 5.32 Å². The first-order valence-corrected chi connectivity index (χ1v) is 7.79. The molecule has 1 aromatic rings. The fourth-order valence-electron chi connectivity index (χ4n) is 2.87. The van der Waals surface area contributed by atoms with Crippen LogP contribution >= 0.6 is 0 Å². The second kappa shape index (κ2) is 5.91. The van der Waals surface area contributed by atoms with Gasteiger partial charge in [0.05, 0.1) is 12.1 Å². The highest BCUT2D eigenvalue weighted by Gasteiger charge is 2.42. The number of hydrogen-bond donors (Lipinski definition) is 2. The Balaban J connectivity index is 1.79. The number of amides is 1. The highest BCUT2D eigenvalue weighted by atomic mass is 16.1. The van der Waals surface area contributed by atoms with Crippen LogP contribution in [-0.4, -0.2) is 18.5 Å². The number of rotatable bonds is 4. The molecular formula is C18H22N2O. The third-order valence-corrected chi connectivity index (χ3v) is 4.30. The summed E-state index contributed by atoms with van der Waals surface area (Å²) in [5.74, 6) is 7.28. The monoisotopic (exact) mass is 282 g/mol. The number of carbonyl (C=O) groups is 1. The molecular weight excluding hydrogens is 260 g/mol. The van der Waals surface area contributed by atoms with E-state index in [0.717, 1.165) is 11.1 Å². The Hall–Kier alpha value is -1.79. The molecule has 3 rings (SSSR count). The Kier molecular flexibility index (Phi) is 3.98. The molecule has 110 valence electrons. The summed E-state index contributed by atoms with van der Waals surface area (Å²) in [6, 6.07) is 6.17. The summed E-state index contributed by atoms with van der Waals surface area (Å²) in [4.78, 5) is 12.6. The minimum absolute atomic E-state index is 0.0140. The second-order valence-electron chi connectivity index (χ2n) is 6.23. The molecule has 0 atom stereocenters. The molecule has 1 amide bonds. The van der Waals surface area contributed by atoms with E-state index in [1.807, 2.05) is 25.1 Å². The molecule has 0 bridgehead atoms. The molecule has 0 radical (unpaired) electrons. The molecule has 0 heterocycles. The van der Waals surface area contributed by atoms with Gasteiger partial charge in [-0.05, 0) is 62.1 Å². The number of nitrogens with one attached hydrogen (secondary N) is 1. The van der Waals surface area contributed by atoms with Gasteiger partial charge in [0.2, 0.25) is 0 Å². The van der Waals surface area contributed by atoms with Crippen molar-refractivity contribution in [3.63, 3.8) is 0 Å². The van der Waals surface area contributed by atoms with Crippen molar-refractivity contribution in [1.29, 1.82) is 0 Å². The standard InChI is InChI=1S/C18H22N2O/c1-12-4-9-16(15(11-12)3-2-10-19)18(21)20-17(13-5-6-13)14-7-8-14/h4,9,11,13-14,17H,5-8,10,19H2,1H3,(H,20,21). The van der Waals surface area contributed by atoms with Gasteiger partial charge in [-0.2, -0.15) is 0 Å². The molecule has 0 spiro atoms. The van der Waals surface area contributed by atoms with Gasteiger partial charge in [-0.25, -0.2) is 0 Å². The van der Waals surface area contributed by atoms with Gasteiger partial charge in [-0.3, -0.25) is 4.79 Å². The van der Waals surface area contributed by atoms with Gasteiger partial charge in [0, 0.05) is 11.6 Å². The van der Waals surface area contributed by atoms with Crippen molar-refractivity contribution < 1.29 is 4.79 Å². The van der Waals surface area contributed by atoms with Gasteiger partial charge in [0.25, 0.3) is 5.91 Å². The largest absolute Gasteiger partial charge is 0.349 e. The van der Waals surface area contributed by atoms with Crippen LogP contribution < -0.4 is 11.1 Å². The van der Waals surface area contributed by atoms with Crippen LogP contribution in [0.3, 0.4) is 0 Å². The summed E-state index contributed by atoms with van der Waals surface area (Å²) in [5, 5.41) is 3.26. The molecule has 3 heteroatoms. The minimum Gasteiger partial charge on any atom is -0.349 e. The van der Waals surface area contributed by atoms with Crippen LogP contribution in [0.25, 0.3) is 0 Å². The molecule has 0 aliphatic heterocycles. The van der Waals surface area contributed by atoms with Crippen molar-refractivity contribution in [2.75, 3.05) is 6.54 Å². The first-order valence-electron chi connectivity index (χ1n) is 7.79. The molecule has 2 fully saturated rings. The summed E-state index contributed by atoms with van der Waals surface area (Å²) < 4.78 is 0. The van der Waals surface area contributed by atoms with E-state index in [2.05, 4.69) is 17.2 Å². The lowest BCUT2D eigenvalue weighted by molar-refractivity contribution is 0.0926. The highest BCUT2D eigenvalue weighted by Crippen LogP contribution is 2.44. The predicted octanol–water partition coefficient (Wildman–Crippen LogP) is 2.22. The van der Waals surface area contributed by atoms with Crippen LogP contribution in [0, 0.1) is 30.6 Å². The lowest BCUT2D eigenvalue weighted by Crippen LogP contribution is -2.38. The highest BCUT2D eigenvalue weighted by molar-refractivity contribution is 5.97. The Labute approximate surface area is 126 Å². The van der Waals surface area contributed by atoms with Gasteiger partial charge < -0.3 is 11.1 Å². The Bertz CT molecular complexity index is 591.